The molecule has 4 heteroatoms. The van der Waals surface area contributed by atoms with Gasteiger partial charge in [0.15, 0.2) is 0 Å². The molecule has 0 spiro atoms. The number of aromatic amines is 1. The van der Waals surface area contributed by atoms with Gasteiger partial charge in [-0.25, -0.2) is 4.98 Å². The van der Waals surface area contributed by atoms with E-state index in [9.17, 15) is 0 Å². The molecule has 0 aliphatic rings. The molecule has 0 atom stereocenters. The highest BCUT2D eigenvalue weighted by Crippen LogP contribution is 2.18. The number of benzene rings is 1. The Kier molecular flexibility index (Phi) is 3.37. The first-order valence-corrected chi connectivity index (χ1v) is 5.82. The van der Waals surface area contributed by atoms with Gasteiger partial charge >= 0.3 is 0 Å². The normalized spacial score (nSPS) is 10.5. The number of halogens is 1. The Bertz CT molecular complexity index is 433. The fraction of sp³-hybridized carbons (Fsp3) is 0.182. The van der Waals surface area contributed by atoms with Gasteiger partial charge in [-0.2, -0.15) is 0 Å². The topological polar surface area (TPSA) is 40.7 Å². The van der Waals surface area contributed by atoms with Crippen LogP contribution in [-0.4, -0.2) is 17.0 Å². The molecule has 78 valence electrons. The first kappa shape index (κ1) is 10.6. The Balaban J connectivity index is 2.25. The Morgan fingerprint density at radius 1 is 1.33 bits per heavy atom. The third-order valence-corrected chi connectivity index (χ3v) is 2.85. The Hall–Kier alpha value is -0.880. The number of H-pyrrole nitrogens is 1. The SMILES string of the molecule is CNCc1ncc(-c2ccc(I)cc2)[nH]1. The van der Waals surface area contributed by atoms with Crippen molar-refractivity contribution in [1.29, 1.82) is 0 Å². The third-order valence-electron chi connectivity index (χ3n) is 2.13. The van der Waals surface area contributed by atoms with E-state index in [2.05, 4.69) is 62.1 Å². The van der Waals surface area contributed by atoms with E-state index in [1.54, 1.807) is 0 Å². The highest BCUT2D eigenvalue weighted by molar-refractivity contribution is 14.1. The molecule has 1 aromatic carbocycles. The lowest BCUT2D eigenvalue weighted by molar-refractivity contribution is 0.772. The van der Waals surface area contributed by atoms with Gasteiger partial charge in [0.05, 0.1) is 18.4 Å². The number of hydrogen-bond donors (Lipinski definition) is 2. The van der Waals surface area contributed by atoms with Crippen molar-refractivity contribution in [1.82, 2.24) is 15.3 Å². The Morgan fingerprint density at radius 3 is 2.73 bits per heavy atom. The molecule has 0 bridgehead atoms. The van der Waals surface area contributed by atoms with Crippen molar-refractivity contribution in [2.75, 3.05) is 7.05 Å². The van der Waals surface area contributed by atoms with Gasteiger partial charge in [0, 0.05) is 3.57 Å². The molecule has 2 aromatic rings. The van der Waals surface area contributed by atoms with Crippen LogP contribution in [0.4, 0.5) is 0 Å². The van der Waals surface area contributed by atoms with Crippen LogP contribution in [0.2, 0.25) is 0 Å². The zero-order valence-corrected chi connectivity index (χ0v) is 10.6. The summed E-state index contributed by atoms with van der Waals surface area (Å²) < 4.78 is 1.24. The summed E-state index contributed by atoms with van der Waals surface area (Å²) in [6.45, 7) is 0.768. The van der Waals surface area contributed by atoms with Crippen molar-refractivity contribution in [3.8, 4) is 11.3 Å². The average molecular weight is 313 g/mol. The van der Waals surface area contributed by atoms with Crippen LogP contribution in [0.1, 0.15) is 5.82 Å². The lowest BCUT2D eigenvalue weighted by atomic mass is 10.2. The summed E-state index contributed by atoms with van der Waals surface area (Å²) in [6, 6.07) is 8.37. The van der Waals surface area contributed by atoms with Gasteiger partial charge in [-0.1, -0.05) is 12.1 Å². The fourth-order valence-electron chi connectivity index (χ4n) is 1.40. The predicted octanol–water partition coefficient (Wildman–Crippen LogP) is 2.40. The highest BCUT2D eigenvalue weighted by Gasteiger charge is 2.01. The summed E-state index contributed by atoms with van der Waals surface area (Å²) in [5, 5.41) is 3.06. The summed E-state index contributed by atoms with van der Waals surface area (Å²) in [4.78, 5) is 7.56. The zero-order chi connectivity index (χ0) is 10.7. The van der Waals surface area contributed by atoms with Gasteiger partial charge in [-0.15, -0.1) is 0 Å². The minimum atomic E-state index is 0.768. The van der Waals surface area contributed by atoms with Crippen LogP contribution in [0.25, 0.3) is 11.3 Å². The predicted molar refractivity (Wildman–Crippen MR) is 69.5 cm³/mol. The summed E-state index contributed by atoms with van der Waals surface area (Å²) >= 11 is 2.30. The summed E-state index contributed by atoms with van der Waals surface area (Å²) in [6.07, 6.45) is 1.87. The van der Waals surface area contributed by atoms with Crippen LogP contribution >= 0.6 is 22.6 Å². The molecule has 2 N–H and O–H groups in total. The molecular weight excluding hydrogens is 301 g/mol. The maximum absolute atomic E-state index is 4.28. The molecule has 2 rings (SSSR count). The standard InChI is InChI=1S/C11H12IN3/c1-13-7-11-14-6-10(15-11)8-2-4-9(12)5-3-8/h2-6,13H,7H2,1H3,(H,14,15). The van der Waals surface area contributed by atoms with Gasteiger partial charge < -0.3 is 10.3 Å². The second kappa shape index (κ2) is 4.76. The van der Waals surface area contributed by atoms with Crippen LogP contribution in [0, 0.1) is 3.57 Å². The van der Waals surface area contributed by atoms with Crippen molar-refractivity contribution in [3.63, 3.8) is 0 Å². The van der Waals surface area contributed by atoms with Crippen molar-refractivity contribution in [2.45, 2.75) is 6.54 Å². The van der Waals surface area contributed by atoms with Crippen molar-refractivity contribution in [3.05, 3.63) is 39.9 Å². The monoisotopic (exact) mass is 313 g/mol. The molecule has 0 saturated carbocycles. The Morgan fingerprint density at radius 2 is 2.07 bits per heavy atom. The molecule has 0 radical (unpaired) electrons. The quantitative estimate of drug-likeness (QED) is 0.855. The van der Waals surface area contributed by atoms with Crippen LogP contribution < -0.4 is 5.32 Å². The van der Waals surface area contributed by atoms with Gasteiger partial charge in [-0.3, -0.25) is 0 Å². The molecule has 3 nitrogen and oxygen atoms in total. The highest BCUT2D eigenvalue weighted by atomic mass is 127. The molecule has 0 aliphatic carbocycles. The molecule has 0 unspecified atom stereocenters. The summed E-state index contributed by atoms with van der Waals surface area (Å²) in [5.41, 5.74) is 2.24. The smallest absolute Gasteiger partial charge is 0.120 e. The first-order chi connectivity index (χ1) is 7.29. The number of hydrogen-bond acceptors (Lipinski definition) is 2. The van der Waals surface area contributed by atoms with Gasteiger partial charge in [0.25, 0.3) is 0 Å². The molecule has 0 fully saturated rings. The van der Waals surface area contributed by atoms with E-state index < -0.39 is 0 Å². The maximum Gasteiger partial charge on any atom is 0.120 e. The van der Waals surface area contributed by atoms with E-state index in [0.29, 0.717) is 0 Å². The molecular formula is C11H12IN3. The average Bonchev–Trinajstić information content (AvgIpc) is 2.68. The fourth-order valence-corrected chi connectivity index (χ4v) is 1.76. The van der Waals surface area contributed by atoms with Gasteiger partial charge in [0.2, 0.25) is 0 Å². The van der Waals surface area contributed by atoms with Crippen LogP contribution in [0.5, 0.6) is 0 Å². The van der Waals surface area contributed by atoms with Crippen molar-refractivity contribution < 1.29 is 0 Å². The van der Waals surface area contributed by atoms with E-state index in [4.69, 9.17) is 0 Å². The third kappa shape index (κ3) is 2.57. The second-order valence-corrected chi connectivity index (χ2v) is 4.53. The molecule has 0 aliphatic heterocycles. The molecule has 1 heterocycles. The minimum Gasteiger partial charge on any atom is -0.341 e. The number of aromatic nitrogens is 2. The van der Waals surface area contributed by atoms with E-state index in [-0.39, 0.29) is 0 Å². The lowest BCUT2D eigenvalue weighted by Crippen LogP contribution is -2.06. The van der Waals surface area contributed by atoms with E-state index in [1.807, 2.05) is 13.2 Å². The molecule has 0 amide bonds. The number of nitrogens with zero attached hydrogens (tertiary/aromatic N) is 1. The first-order valence-electron chi connectivity index (χ1n) is 4.74. The molecule has 1 aromatic heterocycles. The summed E-state index contributed by atoms with van der Waals surface area (Å²) in [7, 11) is 1.91. The lowest BCUT2D eigenvalue weighted by Gasteiger charge is -1.97. The van der Waals surface area contributed by atoms with E-state index in [1.165, 1.54) is 9.13 Å². The minimum absolute atomic E-state index is 0.768. The van der Waals surface area contributed by atoms with Gasteiger partial charge in [0.1, 0.15) is 5.82 Å². The largest absolute Gasteiger partial charge is 0.341 e. The summed E-state index contributed by atoms with van der Waals surface area (Å²) in [5.74, 6) is 0.964. The molecule has 0 saturated heterocycles. The zero-order valence-electron chi connectivity index (χ0n) is 8.42. The van der Waals surface area contributed by atoms with Crippen molar-refractivity contribution >= 4 is 22.6 Å². The number of rotatable bonds is 3. The van der Waals surface area contributed by atoms with Crippen LogP contribution in [-0.2, 0) is 6.54 Å². The van der Waals surface area contributed by atoms with Gasteiger partial charge in [-0.05, 0) is 47.3 Å². The van der Waals surface area contributed by atoms with Crippen LogP contribution in [0.3, 0.4) is 0 Å². The van der Waals surface area contributed by atoms with E-state index >= 15 is 0 Å². The maximum atomic E-state index is 4.28. The Labute approximate surface area is 102 Å². The van der Waals surface area contributed by atoms with Crippen LogP contribution in [0.15, 0.2) is 30.5 Å². The number of nitrogens with one attached hydrogen (secondary N) is 2. The van der Waals surface area contributed by atoms with E-state index in [0.717, 1.165) is 18.1 Å². The second-order valence-electron chi connectivity index (χ2n) is 3.28. The molecule has 15 heavy (non-hydrogen) atoms. The van der Waals surface area contributed by atoms with Crippen molar-refractivity contribution in [2.24, 2.45) is 0 Å². The number of imidazole rings is 1.